The zero-order valence-corrected chi connectivity index (χ0v) is 20.0. The van der Waals surface area contributed by atoms with Crippen LogP contribution in [-0.2, 0) is 17.8 Å². The van der Waals surface area contributed by atoms with E-state index < -0.39 is 0 Å². The minimum Gasteiger partial charge on any atom is -0.356 e. The molecule has 35 heavy (non-hydrogen) atoms. The summed E-state index contributed by atoms with van der Waals surface area (Å²) in [5.41, 5.74) is 5.40. The van der Waals surface area contributed by atoms with E-state index in [4.69, 9.17) is 0 Å². The Morgan fingerprint density at radius 3 is 2.31 bits per heavy atom. The number of benzene rings is 3. The lowest BCUT2D eigenvalue weighted by Gasteiger charge is -2.10. The molecule has 5 rings (SSSR count). The monoisotopic (exact) mass is 480 g/mol. The topological polar surface area (TPSA) is 76.0 Å². The molecule has 0 atom stereocenters. The molecule has 2 N–H and O–H groups in total. The summed E-state index contributed by atoms with van der Waals surface area (Å²) in [6, 6.07) is 25.5. The first kappa shape index (κ1) is 22.6. The molecule has 6 nitrogen and oxygen atoms in total. The number of rotatable bonds is 7. The lowest BCUT2D eigenvalue weighted by atomic mass is 10.0. The maximum atomic E-state index is 13.3. The van der Waals surface area contributed by atoms with Crippen molar-refractivity contribution in [1.82, 2.24) is 9.55 Å². The van der Waals surface area contributed by atoms with E-state index in [2.05, 4.69) is 34.7 Å². The molecule has 2 heterocycles. The van der Waals surface area contributed by atoms with Gasteiger partial charge in [0.1, 0.15) is 11.4 Å². The van der Waals surface area contributed by atoms with Gasteiger partial charge in [0.15, 0.2) is 0 Å². The fraction of sp³-hybridized carbons (Fsp3) is 0.107. The van der Waals surface area contributed by atoms with Gasteiger partial charge in [-0.25, -0.2) is 4.98 Å². The van der Waals surface area contributed by atoms with Gasteiger partial charge in [-0.05, 0) is 53.9 Å². The van der Waals surface area contributed by atoms with Crippen LogP contribution in [0, 0.1) is 0 Å². The fourth-order valence-electron chi connectivity index (χ4n) is 3.89. The molecule has 0 radical (unpaired) electrons. The molecule has 3 aromatic carbocycles. The van der Waals surface area contributed by atoms with Crippen LogP contribution in [0.1, 0.15) is 12.5 Å². The second kappa shape index (κ2) is 9.95. The SMILES string of the molecule is CCc1ccc(-c2csc3ncn(CC(=O)Nc4ccc(Nc5ccccc5)cc4)c(=O)c23)cc1. The highest BCUT2D eigenvalue weighted by Gasteiger charge is 2.15. The van der Waals surface area contributed by atoms with Crippen molar-refractivity contribution in [2.24, 2.45) is 0 Å². The molecule has 0 aliphatic heterocycles. The Morgan fingerprint density at radius 1 is 0.914 bits per heavy atom. The predicted molar refractivity (Wildman–Crippen MR) is 143 cm³/mol. The van der Waals surface area contributed by atoms with Crippen LogP contribution in [0.5, 0.6) is 0 Å². The van der Waals surface area contributed by atoms with Gasteiger partial charge < -0.3 is 10.6 Å². The summed E-state index contributed by atoms with van der Waals surface area (Å²) in [7, 11) is 0. The van der Waals surface area contributed by atoms with Crippen LogP contribution < -0.4 is 16.2 Å². The number of fused-ring (bicyclic) bond motifs is 1. The number of carbonyl (C=O) groups excluding carboxylic acids is 1. The van der Waals surface area contributed by atoms with Crippen molar-refractivity contribution in [2.45, 2.75) is 19.9 Å². The van der Waals surface area contributed by atoms with E-state index in [1.165, 1.54) is 27.8 Å². The summed E-state index contributed by atoms with van der Waals surface area (Å²) in [4.78, 5) is 31.0. The lowest BCUT2D eigenvalue weighted by molar-refractivity contribution is -0.116. The standard InChI is InChI=1S/C28H24N4O2S/c1-2-19-8-10-20(11-9-19)24-17-35-27-26(24)28(34)32(18-29-27)16-25(33)31-23-14-12-22(13-15-23)30-21-6-4-3-5-7-21/h3-15,17-18,30H,2,16H2,1H3,(H,31,33). The number of carbonyl (C=O) groups is 1. The van der Waals surface area contributed by atoms with Crippen molar-refractivity contribution in [1.29, 1.82) is 0 Å². The van der Waals surface area contributed by atoms with Crippen LogP contribution in [-0.4, -0.2) is 15.5 Å². The number of para-hydroxylation sites is 1. The molecular weight excluding hydrogens is 456 g/mol. The average Bonchev–Trinajstić information content (AvgIpc) is 3.33. The van der Waals surface area contributed by atoms with Gasteiger partial charge in [-0.2, -0.15) is 0 Å². The van der Waals surface area contributed by atoms with Gasteiger partial charge in [0.25, 0.3) is 5.56 Å². The average molecular weight is 481 g/mol. The van der Waals surface area contributed by atoms with Crippen molar-refractivity contribution < 1.29 is 4.79 Å². The van der Waals surface area contributed by atoms with Gasteiger partial charge in [-0.15, -0.1) is 11.3 Å². The molecule has 174 valence electrons. The number of thiophene rings is 1. The van der Waals surface area contributed by atoms with Crippen molar-refractivity contribution in [2.75, 3.05) is 10.6 Å². The zero-order chi connectivity index (χ0) is 24.2. The number of aromatic nitrogens is 2. The van der Waals surface area contributed by atoms with E-state index in [0.717, 1.165) is 28.9 Å². The highest BCUT2D eigenvalue weighted by Crippen LogP contribution is 2.30. The lowest BCUT2D eigenvalue weighted by Crippen LogP contribution is -2.27. The third kappa shape index (κ3) is 5.00. The van der Waals surface area contributed by atoms with Crippen molar-refractivity contribution in [3.63, 3.8) is 0 Å². The van der Waals surface area contributed by atoms with Gasteiger partial charge in [-0.1, -0.05) is 49.4 Å². The summed E-state index contributed by atoms with van der Waals surface area (Å²) in [5.74, 6) is -0.291. The summed E-state index contributed by atoms with van der Waals surface area (Å²) in [6.45, 7) is 1.99. The van der Waals surface area contributed by atoms with E-state index >= 15 is 0 Å². The third-order valence-corrected chi connectivity index (χ3v) is 6.67. The van der Waals surface area contributed by atoms with Gasteiger partial charge >= 0.3 is 0 Å². The van der Waals surface area contributed by atoms with Crippen LogP contribution in [0.25, 0.3) is 21.3 Å². The summed E-state index contributed by atoms with van der Waals surface area (Å²) in [5, 5.41) is 8.66. The van der Waals surface area contributed by atoms with Crippen molar-refractivity contribution in [3.8, 4) is 11.1 Å². The Kier molecular flexibility index (Phi) is 6.41. The van der Waals surface area contributed by atoms with Crippen LogP contribution >= 0.6 is 11.3 Å². The first-order chi connectivity index (χ1) is 17.1. The second-order valence-electron chi connectivity index (χ2n) is 8.17. The highest BCUT2D eigenvalue weighted by molar-refractivity contribution is 7.17. The van der Waals surface area contributed by atoms with Crippen LogP contribution in [0.3, 0.4) is 0 Å². The Labute approximate surface area is 206 Å². The number of amides is 1. The summed E-state index contributed by atoms with van der Waals surface area (Å²) < 4.78 is 1.36. The molecule has 2 aromatic heterocycles. The van der Waals surface area contributed by atoms with E-state index in [9.17, 15) is 9.59 Å². The van der Waals surface area contributed by atoms with E-state index in [1.807, 2.05) is 72.1 Å². The predicted octanol–water partition coefficient (Wildman–Crippen LogP) is 6.07. The molecule has 0 bridgehead atoms. The van der Waals surface area contributed by atoms with Crippen molar-refractivity contribution in [3.05, 3.63) is 106 Å². The van der Waals surface area contributed by atoms with Crippen LogP contribution in [0.2, 0.25) is 0 Å². The Balaban J connectivity index is 1.31. The fourth-order valence-corrected chi connectivity index (χ4v) is 4.80. The smallest absolute Gasteiger partial charge is 0.263 e. The van der Waals surface area contributed by atoms with Gasteiger partial charge in [0.05, 0.1) is 11.7 Å². The molecule has 0 saturated carbocycles. The molecule has 0 spiro atoms. The quantitative estimate of drug-likeness (QED) is 0.296. The Bertz CT molecular complexity index is 1520. The highest BCUT2D eigenvalue weighted by atomic mass is 32.1. The van der Waals surface area contributed by atoms with E-state index in [1.54, 1.807) is 0 Å². The third-order valence-electron chi connectivity index (χ3n) is 5.78. The molecule has 7 heteroatoms. The molecular formula is C28H24N4O2S. The maximum Gasteiger partial charge on any atom is 0.263 e. The molecule has 0 fully saturated rings. The Morgan fingerprint density at radius 2 is 1.60 bits per heavy atom. The number of nitrogens with one attached hydrogen (secondary N) is 2. The Hall–Kier alpha value is -4.23. The van der Waals surface area contributed by atoms with Crippen LogP contribution in [0.15, 0.2) is 95.4 Å². The number of nitrogens with zero attached hydrogens (tertiary/aromatic N) is 2. The van der Waals surface area contributed by atoms with E-state index in [0.29, 0.717) is 15.9 Å². The number of hydrogen-bond donors (Lipinski definition) is 2. The number of aryl methyl sites for hydroxylation is 1. The molecule has 1 amide bonds. The molecule has 0 saturated heterocycles. The zero-order valence-electron chi connectivity index (χ0n) is 19.2. The molecule has 0 aliphatic rings. The maximum absolute atomic E-state index is 13.3. The van der Waals surface area contributed by atoms with Gasteiger partial charge in [0, 0.05) is 28.0 Å². The second-order valence-corrected chi connectivity index (χ2v) is 9.03. The normalized spacial score (nSPS) is 10.9. The number of anilines is 3. The summed E-state index contributed by atoms with van der Waals surface area (Å²) >= 11 is 1.43. The van der Waals surface area contributed by atoms with Crippen molar-refractivity contribution >= 4 is 44.5 Å². The summed E-state index contributed by atoms with van der Waals surface area (Å²) in [6.07, 6.45) is 2.40. The molecule has 0 unspecified atom stereocenters. The number of hydrogen-bond acceptors (Lipinski definition) is 5. The minimum atomic E-state index is -0.291. The van der Waals surface area contributed by atoms with Gasteiger partial charge in [-0.3, -0.25) is 14.2 Å². The molecule has 5 aromatic rings. The largest absolute Gasteiger partial charge is 0.356 e. The molecule has 0 aliphatic carbocycles. The van der Waals surface area contributed by atoms with Gasteiger partial charge in [0.2, 0.25) is 5.91 Å². The minimum absolute atomic E-state index is 0.115. The van der Waals surface area contributed by atoms with Crippen LogP contribution in [0.4, 0.5) is 17.1 Å². The van der Waals surface area contributed by atoms with E-state index in [-0.39, 0.29) is 18.0 Å². The first-order valence-electron chi connectivity index (χ1n) is 11.4. The first-order valence-corrected chi connectivity index (χ1v) is 12.3.